The van der Waals surface area contributed by atoms with Gasteiger partial charge in [0.2, 0.25) is 11.6 Å². The first-order chi connectivity index (χ1) is 17.3. The Hall–Kier alpha value is -3.94. The molecular formula is C28H31NO7. The average Bonchev–Trinajstić information content (AvgIpc) is 2.87. The Balaban J connectivity index is 1.80. The summed E-state index contributed by atoms with van der Waals surface area (Å²) in [4.78, 5) is 25.9. The van der Waals surface area contributed by atoms with Crippen molar-refractivity contribution < 1.29 is 33.3 Å². The van der Waals surface area contributed by atoms with Gasteiger partial charge < -0.3 is 29.4 Å². The molecule has 2 aliphatic rings. The number of Topliss-reactive ketones (excluding diaryl/α,β-unsaturated/α-hetero) is 1. The number of esters is 1. The number of nitrogens with two attached hydrogens (primary N) is 1. The number of para-hydroxylation sites is 1. The van der Waals surface area contributed by atoms with E-state index in [0.29, 0.717) is 47.8 Å². The molecule has 0 fully saturated rings. The van der Waals surface area contributed by atoms with E-state index in [1.165, 1.54) is 7.11 Å². The molecular weight excluding hydrogens is 462 g/mol. The Labute approximate surface area is 210 Å². The number of hydrogen-bond acceptors (Lipinski definition) is 8. The maximum Gasteiger partial charge on any atom is 0.340 e. The molecule has 0 saturated carbocycles. The third-order valence-corrected chi connectivity index (χ3v) is 6.68. The second kappa shape index (κ2) is 10.4. The maximum atomic E-state index is 13.1. The van der Waals surface area contributed by atoms with Gasteiger partial charge in [-0.1, -0.05) is 18.2 Å². The van der Waals surface area contributed by atoms with Crippen LogP contribution in [0.2, 0.25) is 0 Å². The molecule has 2 N–H and O–H groups in total. The fourth-order valence-corrected chi connectivity index (χ4v) is 4.87. The second-order valence-corrected chi connectivity index (χ2v) is 8.83. The van der Waals surface area contributed by atoms with E-state index in [1.807, 2.05) is 32.0 Å². The summed E-state index contributed by atoms with van der Waals surface area (Å²) in [5.74, 6) is 0.724. The molecule has 0 spiro atoms. The van der Waals surface area contributed by atoms with Gasteiger partial charge in [0, 0.05) is 18.4 Å². The largest absolute Gasteiger partial charge is 0.493 e. The average molecular weight is 494 g/mol. The van der Waals surface area contributed by atoms with Gasteiger partial charge in [0.25, 0.3) is 0 Å². The number of carbonyl (C=O) groups excluding carboxylic acids is 2. The number of benzene rings is 2. The molecule has 2 aromatic rings. The number of aryl methyl sites for hydroxylation is 2. The highest BCUT2D eigenvalue weighted by molar-refractivity contribution is 6.03. The highest BCUT2D eigenvalue weighted by Crippen LogP contribution is 2.45. The molecule has 8 nitrogen and oxygen atoms in total. The van der Waals surface area contributed by atoms with Crippen LogP contribution in [-0.4, -0.2) is 33.1 Å². The topological polar surface area (TPSA) is 106 Å². The smallest absolute Gasteiger partial charge is 0.340 e. The van der Waals surface area contributed by atoms with Gasteiger partial charge in [-0.3, -0.25) is 4.79 Å². The number of ketones is 1. The lowest BCUT2D eigenvalue weighted by Crippen LogP contribution is -2.31. The molecule has 0 amide bonds. The predicted octanol–water partition coefficient (Wildman–Crippen LogP) is 4.36. The summed E-state index contributed by atoms with van der Waals surface area (Å²) in [6.07, 6.45) is 1.65. The number of rotatable bonds is 7. The molecule has 1 aliphatic carbocycles. The third kappa shape index (κ3) is 4.51. The standard InChI is InChI=1S/C28H31NO7/c1-15-12-16(2)18(13-17(15)14-35-26-21(32-3)10-7-11-22(26)33-4)23-24-19(30)8-6-9-20(24)36-27(29)25(23)28(31)34-5/h7,10-13,23H,6,8-9,14,29H2,1-5H3/t23-/m1/s1. The van der Waals surface area contributed by atoms with Gasteiger partial charge in [-0.25, -0.2) is 4.79 Å². The molecule has 0 saturated heterocycles. The van der Waals surface area contributed by atoms with E-state index in [0.717, 1.165) is 22.3 Å². The summed E-state index contributed by atoms with van der Waals surface area (Å²) in [5.41, 5.74) is 10.4. The minimum atomic E-state index is -0.686. The molecule has 36 heavy (non-hydrogen) atoms. The van der Waals surface area contributed by atoms with Crippen LogP contribution in [-0.2, 0) is 25.7 Å². The van der Waals surface area contributed by atoms with Gasteiger partial charge in [0.15, 0.2) is 17.3 Å². The zero-order valence-corrected chi connectivity index (χ0v) is 21.2. The van der Waals surface area contributed by atoms with Crippen molar-refractivity contribution in [3.8, 4) is 17.2 Å². The van der Waals surface area contributed by atoms with Crippen LogP contribution < -0.4 is 19.9 Å². The van der Waals surface area contributed by atoms with Crippen LogP contribution >= 0.6 is 0 Å². The van der Waals surface area contributed by atoms with Crippen LogP contribution in [0.4, 0.5) is 0 Å². The maximum absolute atomic E-state index is 13.1. The summed E-state index contributed by atoms with van der Waals surface area (Å²) >= 11 is 0. The molecule has 0 bridgehead atoms. The van der Waals surface area contributed by atoms with E-state index >= 15 is 0 Å². The van der Waals surface area contributed by atoms with E-state index in [-0.39, 0.29) is 23.8 Å². The van der Waals surface area contributed by atoms with E-state index in [1.54, 1.807) is 26.4 Å². The summed E-state index contributed by atoms with van der Waals surface area (Å²) in [6, 6.07) is 9.40. The van der Waals surface area contributed by atoms with Gasteiger partial charge in [-0.05, 0) is 54.7 Å². The predicted molar refractivity (Wildman–Crippen MR) is 133 cm³/mol. The zero-order valence-electron chi connectivity index (χ0n) is 21.2. The van der Waals surface area contributed by atoms with E-state index in [9.17, 15) is 9.59 Å². The molecule has 1 atom stereocenters. The lowest BCUT2D eigenvalue weighted by atomic mass is 9.75. The lowest BCUT2D eigenvalue weighted by molar-refractivity contribution is -0.136. The Morgan fingerprint density at radius 3 is 2.39 bits per heavy atom. The highest BCUT2D eigenvalue weighted by atomic mass is 16.5. The van der Waals surface area contributed by atoms with Crippen LogP contribution in [0, 0.1) is 13.8 Å². The molecule has 1 heterocycles. The monoisotopic (exact) mass is 493 g/mol. The molecule has 0 aromatic heterocycles. The quantitative estimate of drug-likeness (QED) is 0.567. The number of hydrogen-bond donors (Lipinski definition) is 1. The van der Waals surface area contributed by atoms with Gasteiger partial charge in [0.05, 0.1) is 27.2 Å². The summed E-state index contributed by atoms with van der Waals surface area (Å²) in [7, 11) is 4.42. The fraction of sp³-hybridized carbons (Fsp3) is 0.357. The molecule has 0 radical (unpaired) electrons. The molecule has 8 heteroatoms. The summed E-state index contributed by atoms with van der Waals surface area (Å²) in [5, 5.41) is 0. The molecule has 0 unspecified atom stereocenters. The van der Waals surface area contributed by atoms with E-state index in [4.69, 9.17) is 29.4 Å². The highest BCUT2D eigenvalue weighted by Gasteiger charge is 2.41. The van der Waals surface area contributed by atoms with Crippen molar-refractivity contribution in [3.63, 3.8) is 0 Å². The number of allylic oxidation sites excluding steroid dienone is 2. The second-order valence-electron chi connectivity index (χ2n) is 8.83. The SMILES string of the molecule is COC(=O)C1=C(N)OC2=C(C(=O)CCC2)[C@H]1c1cc(COc2c(OC)cccc2OC)c(C)cc1C. The van der Waals surface area contributed by atoms with Crippen molar-refractivity contribution in [3.05, 3.63) is 75.4 Å². The van der Waals surface area contributed by atoms with Crippen LogP contribution in [0.3, 0.4) is 0 Å². The van der Waals surface area contributed by atoms with Crippen molar-refractivity contribution in [2.75, 3.05) is 21.3 Å². The minimum Gasteiger partial charge on any atom is -0.493 e. The number of methoxy groups -OCH3 is 3. The number of ether oxygens (including phenoxy) is 5. The molecule has 1 aliphatic heterocycles. The Bertz CT molecular complexity index is 1250. The molecule has 2 aromatic carbocycles. The van der Waals surface area contributed by atoms with Crippen molar-refractivity contribution in [2.45, 2.75) is 45.6 Å². The van der Waals surface area contributed by atoms with Crippen LogP contribution in [0.5, 0.6) is 17.2 Å². The number of carbonyl (C=O) groups is 2. The van der Waals surface area contributed by atoms with Gasteiger partial charge in [-0.2, -0.15) is 0 Å². The zero-order chi connectivity index (χ0) is 26.0. The van der Waals surface area contributed by atoms with Crippen LogP contribution in [0.15, 0.2) is 53.1 Å². The van der Waals surface area contributed by atoms with Crippen molar-refractivity contribution >= 4 is 11.8 Å². The van der Waals surface area contributed by atoms with Crippen LogP contribution in [0.1, 0.15) is 47.4 Å². The van der Waals surface area contributed by atoms with Gasteiger partial charge in [0.1, 0.15) is 17.9 Å². The van der Waals surface area contributed by atoms with Gasteiger partial charge >= 0.3 is 5.97 Å². The molecule has 190 valence electrons. The van der Waals surface area contributed by atoms with E-state index in [2.05, 4.69) is 0 Å². The van der Waals surface area contributed by atoms with Crippen molar-refractivity contribution in [1.29, 1.82) is 0 Å². The Kier molecular flexibility index (Phi) is 7.24. The Morgan fingerprint density at radius 1 is 1.06 bits per heavy atom. The van der Waals surface area contributed by atoms with Crippen molar-refractivity contribution in [2.24, 2.45) is 5.73 Å². The fourth-order valence-electron chi connectivity index (χ4n) is 4.87. The summed E-state index contributed by atoms with van der Waals surface area (Å²) < 4.78 is 27.8. The Morgan fingerprint density at radius 2 is 1.75 bits per heavy atom. The van der Waals surface area contributed by atoms with Crippen molar-refractivity contribution in [1.82, 2.24) is 0 Å². The molecule has 4 rings (SSSR count). The van der Waals surface area contributed by atoms with E-state index < -0.39 is 11.9 Å². The first kappa shape index (κ1) is 25.2. The first-order valence-corrected chi connectivity index (χ1v) is 11.8. The third-order valence-electron chi connectivity index (χ3n) is 6.68. The normalized spacial score (nSPS) is 17.4. The first-order valence-electron chi connectivity index (χ1n) is 11.8. The lowest BCUT2D eigenvalue weighted by Gasteiger charge is -2.33. The van der Waals surface area contributed by atoms with Gasteiger partial charge in [-0.15, -0.1) is 0 Å². The van der Waals surface area contributed by atoms with Crippen LogP contribution in [0.25, 0.3) is 0 Å². The minimum absolute atomic E-state index is 0.0307. The summed E-state index contributed by atoms with van der Waals surface area (Å²) in [6.45, 7) is 4.15.